The fraction of sp³-hybridized carbons (Fsp3) is 0.880. The Balaban J connectivity index is 0. The Bertz CT molecular complexity index is 441. The standard InChI is InChI=1S/C25H50N2O.ClH/c1-21(2)12-9-13-22(3)14-10-15-23(4)16-11-17-24(5)20-25(28)26-18-19-27(6,7)8;/h20-23H,9-19H2,1-8H3;1H/b24-20+;. The zero-order valence-electron chi connectivity index (χ0n) is 20.8. The van der Waals surface area contributed by atoms with Crippen LogP contribution in [0.4, 0.5) is 0 Å². The molecule has 0 fully saturated rings. The van der Waals surface area contributed by atoms with Gasteiger partial charge in [0.1, 0.15) is 0 Å². The monoisotopic (exact) mass is 430 g/mol. The minimum absolute atomic E-state index is 0. The Hall–Kier alpha value is -0.540. The van der Waals surface area contributed by atoms with Crippen LogP contribution in [-0.4, -0.2) is 44.6 Å². The summed E-state index contributed by atoms with van der Waals surface area (Å²) in [5.74, 6) is 2.59. The molecule has 0 radical (unpaired) electrons. The van der Waals surface area contributed by atoms with E-state index in [9.17, 15) is 4.79 Å². The molecular formula is C25H51ClN2O. The van der Waals surface area contributed by atoms with Crippen LogP contribution in [0.25, 0.3) is 0 Å². The molecule has 2 unspecified atom stereocenters. The molecule has 0 aliphatic heterocycles. The van der Waals surface area contributed by atoms with Gasteiger partial charge >= 0.3 is 0 Å². The molecule has 0 bridgehead atoms. The van der Waals surface area contributed by atoms with Crippen LogP contribution in [0, 0.1) is 17.8 Å². The van der Waals surface area contributed by atoms with Crippen molar-refractivity contribution < 1.29 is 21.7 Å². The number of quaternary nitrogens is 1. The van der Waals surface area contributed by atoms with E-state index >= 15 is 0 Å². The van der Waals surface area contributed by atoms with Gasteiger partial charge in [-0.1, -0.05) is 78.2 Å². The van der Waals surface area contributed by atoms with Gasteiger partial charge in [0.25, 0.3) is 0 Å². The van der Waals surface area contributed by atoms with E-state index in [0.717, 1.165) is 41.7 Å². The molecule has 29 heavy (non-hydrogen) atoms. The molecular weight excluding hydrogens is 380 g/mol. The second kappa shape index (κ2) is 17.2. The summed E-state index contributed by atoms with van der Waals surface area (Å²) < 4.78 is 0.873. The third-order valence-corrected chi connectivity index (χ3v) is 5.60. The van der Waals surface area contributed by atoms with E-state index in [2.05, 4.69) is 61.1 Å². The van der Waals surface area contributed by atoms with Crippen LogP contribution < -0.4 is 17.7 Å². The molecule has 1 amide bonds. The van der Waals surface area contributed by atoms with E-state index in [-0.39, 0.29) is 18.3 Å². The van der Waals surface area contributed by atoms with Gasteiger partial charge in [0.2, 0.25) is 5.91 Å². The summed E-state index contributed by atoms with van der Waals surface area (Å²) in [6.07, 6.45) is 13.6. The molecule has 0 heterocycles. The van der Waals surface area contributed by atoms with Gasteiger partial charge in [0.15, 0.2) is 0 Å². The van der Waals surface area contributed by atoms with Gasteiger partial charge < -0.3 is 22.2 Å². The number of carbonyl (C=O) groups excluding carboxylic acids is 1. The van der Waals surface area contributed by atoms with Gasteiger partial charge in [-0.25, -0.2) is 0 Å². The van der Waals surface area contributed by atoms with Crippen molar-refractivity contribution >= 4 is 5.91 Å². The maximum atomic E-state index is 12.0. The number of nitrogens with one attached hydrogen (secondary N) is 1. The van der Waals surface area contributed by atoms with E-state index in [4.69, 9.17) is 0 Å². The van der Waals surface area contributed by atoms with Gasteiger partial charge in [-0.2, -0.15) is 0 Å². The molecule has 0 aromatic heterocycles. The lowest BCUT2D eigenvalue weighted by Crippen LogP contribution is -3.00. The van der Waals surface area contributed by atoms with E-state index in [1.807, 2.05) is 0 Å². The van der Waals surface area contributed by atoms with Gasteiger partial charge in [-0.3, -0.25) is 4.79 Å². The maximum absolute atomic E-state index is 12.0. The molecule has 0 saturated heterocycles. The summed E-state index contributed by atoms with van der Waals surface area (Å²) in [5, 5.41) is 3.00. The minimum Gasteiger partial charge on any atom is -1.00 e. The quantitative estimate of drug-likeness (QED) is 0.295. The first kappa shape index (κ1) is 30.7. The van der Waals surface area contributed by atoms with Crippen molar-refractivity contribution in [2.24, 2.45) is 17.8 Å². The number of halogens is 1. The van der Waals surface area contributed by atoms with Crippen LogP contribution >= 0.6 is 0 Å². The molecule has 0 aliphatic carbocycles. The van der Waals surface area contributed by atoms with Crippen LogP contribution in [0.2, 0.25) is 0 Å². The number of carbonyl (C=O) groups is 1. The molecule has 0 saturated carbocycles. The molecule has 0 aromatic rings. The summed E-state index contributed by atoms with van der Waals surface area (Å²) in [7, 11) is 6.42. The smallest absolute Gasteiger partial charge is 0.244 e. The number of likely N-dealkylation sites (N-methyl/N-ethyl adjacent to an activating group) is 1. The lowest BCUT2D eigenvalue weighted by atomic mass is 9.91. The molecule has 1 N–H and O–H groups in total. The third-order valence-electron chi connectivity index (χ3n) is 5.60. The van der Waals surface area contributed by atoms with Crippen molar-refractivity contribution in [2.75, 3.05) is 34.2 Å². The van der Waals surface area contributed by atoms with Gasteiger partial charge in [-0.05, 0) is 37.5 Å². The van der Waals surface area contributed by atoms with E-state index < -0.39 is 0 Å². The predicted molar refractivity (Wildman–Crippen MR) is 124 cm³/mol. The van der Waals surface area contributed by atoms with E-state index in [0.29, 0.717) is 0 Å². The molecule has 3 nitrogen and oxygen atoms in total. The number of nitrogens with zero attached hydrogens (tertiary/aromatic N) is 1. The fourth-order valence-electron chi connectivity index (χ4n) is 3.57. The second-order valence-electron chi connectivity index (χ2n) is 10.7. The lowest BCUT2D eigenvalue weighted by molar-refractivity contribution is -0.869. The molecule has 0 aromatic carbocycles. The van der Waals surface area contributed by atoms with Gasteiger partial charge in [0.05, 0.1) is 34.2 Å². The third kappa shape index (κ3) is 22.0. The predicted octanol–water partition coefficient (Wildman–Crippen LogP) is 3.20. The van der Waals surface area contributed by atoms with E-state index in [1.165, 1.54) is 56.9 Å². The SMILES string of the molecule is C/C(=C\C(=O)NCC[N+](C)(C)C)CCCC(C)CCCC(C)CCCC(C)C.[Cl-]. The summed E-state index contributed by atoms with van der Waals surface area (Å²) in [5.41, 5.74) is 1.20. The Morgan fingerprint density at radius 1 is 0.862 bits per heavy atom. The van der Waals surface area contributed by atoms with Crippen molar-refractivity contribution in [3.63, 3.8) is 0 Å². The molecule has 0 spiro atoms. The summed E-state index contributed by atoms with van der Waals surface area (Å²) in [6, 6.07) is 0. The van der Waals surface area contributed by atoms with Crippen molar-refractivity contribution in [1.82, 2.24) is 5.32 Å². The maximum Gasteiger partial charge on any atom is 0.244 e. The highest BCUT2D eigenvalue weighted by molar-refractivity contribution is 5.88. The Morgan fingerprint density at radius 3 is 1.83 bits per heavy atom. The zero-order valence-corrected chi connectivity index (χ0v) is 21.6. The highest BCUT2D eigenvalue weighted by atomic mass is 35.5. The summed E-state index contributed by atoms with van der Waals surface area (Å²) in [4.78, 5) is 12.0. The molecule has 4 heteroatoms. The average molecular weight is 431 g/mol. The second-order valence-corrected chi connectivity index (χ2v) is 10.7. The number of amides is 1. The van der Waals surface area contributed by atoms with Crippen LogP contribution in [0.3, 0.4) is 0 Å². The fourth-order valence-corrected chi connectivity index (χ4v) is 3.57. The zero-order chi connectivity index (χ0) is 21.6. The van der Waals surface area contributed by atoms with Crippen molar-refractivity contribution in [3.05, 3.63) is 11.6 Å². The minimum atomic E-state index is 0. The molecule has 2 atom stereocenters. The van der Waals surface area contributed by atoms with Crippen molar-refractivity contribution in [1.29, 1.82) is 0 Å². The van der Waals surface area contributed by atoms with E-state index in [1.54, 1.807) is 6.08 Å². The van der Waals surface area contributed by atoms with Crippen LogP contribution in [0.15, 0.2) is 11.6 Å². The van der Waals surface area contributed by atoms with Crippen LogP contribution in [0.5, 0.6) is 0 Å². The van der Waals surface area contributed by atoms with Gasteiger partial charge in [0, 0.05) is 6.08 Å². The largest absolute Gasteiger partial charge is 1.00 e. The Kier molecular flexibility index (Phi) is 18.2. The average Bonchev–Trinajstić information content (AvgIpc) is 2.53. The number of allylic oxidation sites excluding steroid dienone is 1. The van der Waals surface area contributed by atoms with Crippen LogP contribution in [0.1, 0.15) is 92.4 Å². The summed E-state index contributed by atoms with van der Waals surface area (Å²) in [6.45, 7) is 13.2. The first-order valence-corrected chi connectivity index (χ1v) is 11.7. The van der Waals surface area contributed by atoms with Crippen molar-refractivity contribution in [2.45, 2.75) is 92.4 Å². The number of rotatable bonds is 16. The lowest BCUT2D eigenvalue weighted by Gasteiger charge is -2.23. The number of hydrogen-bond acceptors (Lipinski definition) is 1. The van der Waals surface area contributed by atoms with Gasteiger partial charge in [-0.15, -0.1) is 0 Å². The van der Waals surface area contributed by atoms with Crippen LogP contribution in [-0.2, 0) is 4.79 Å². The Morgan fingerprint density at radius 2 is 1.34 bits per heavy atom. The Labute approximate surface area is 189 Å². The highest BCUT2D eigenvalue weighted by Gasteiger charge is 2.08. The first-order valence-electron chi connectivity index (χ1n) is 11.7. The first-order chi connectivity index (χ1) is 13.0. The highest BCUT2D eigenvalue weighted by Crippen LogP contribution is 2.22. The molecule has 0 rings (SSSR count). The molecule has 174 valence electrons. The summed E-state index contributed by atoms with van der Waals surface area (Å²) >= 11 is 0. The van der Waals surface area contributed by atoms with Crippen molar-refractivity contribution in [3.8, 4) is 0 Å². The number of hydrogen-bond donors (Lipinski definition) is 1. The normalized spacial score (nSPS) is 14.4. The molecule has 0 aliphatic rings. The topological polar surface area (TPSA) is 29.1 Å².